The molecule has 1 aromatic rings. The zero-order valence-corrected chi connectivity index (χ0v) is 30.0. The zero-order valence-electron chi connectivity index (χ0n) is 30.0. The van der Waals surface area contributed by atoms with E-state index in [1.807, 2.05) is 72.1 Å². The number of nitrogens with zero attached hydrogens (tertiary/aromatic N) is 4. The van der Waals surface area contributed by atoms with Crippen LogP contribution in [0.15, 0.2) is 30.3 Å². The lowest BCUT2D eigenvalue weighted by Crippen LogP contribution is -2.61. The summed E-state index contributed by atoms with van der Waals surface area (Å²) in [7, 11) is 3.81. The lowest BCUT2D eigenvalue weighted by atomic mass is 9.84. The van der Waals surface area contributed by atoms with Gasteiger partial charge in [-0.3, -0.25) is 24.2 Å². The Balaban J connectivity index is 1.43. The van der Waals surface area contributed by atoms with E-state index in [1.54, 1.807) is 9.80 Å². The lowest BCUT2D eigenvalue weighted by Gasteiger charge is -2.41. The number of likely N-dealkylation sites (tertiary alicyclic amines) is 3. The van der Waals surface area contributed by atoms with Crippen molar-refractivity contribution in [2.75, 3.05) is 40.3 Å². The molecule has 262 valence electrons. The van der Waals surface area contributed by atoms with Crippen LogP contribution in [0.5, 0.6) is 0 Å². The maximum atomic E-state index is 14.2. The number of benzene rings is 1. The minimum absolute atomic E-state index is 0.0257. The first kappa shape index (κ1) is 36.8. The third kappa shape index (κ3) is 8.93. The molecule has 3 aliphatic heterocycles. The average Bonchev–Trinajstić information content (AvgIpc) is 3.72. The van der Waals surface area contributed by atoms with Gasteiger partial charge in [0, 0.05) is 26.2 Å². The summed E-state index contributed by atoms with van der Waals surface area (Å²) in [5, 5.41) is 3.14. The summed E-state index contributed by atoms with van der Waals surface area (Å²) in [6.07, 6.45) is 5.45. The first-order valence-electron chi connectivity index (χ1n) is 17.8. The molecule has 2 unspecified atom stereocenters. The predicted octanol–water partition coefficient (Wildman–Crippen LogP) is 4.24. The highest BCUT2D eigenvalue weighted by atomic mass is 16.5. The minimum atomic E-state index is -0.678. The number of esters is 1. The van der Waals surface area contributed by atoms with Crippen LogP contribution in [0.3, 0.4) is 0 Å². The summed E-state index contributed by atoms with van der Waals surface area (Å²) in [6, 6.07) is 7.64. The topological polar surface area (TPSA) is 102 Å². The van der Waals surface area contributed by atoms with Gasteiger partial charge in [-0.25, -0.2) is 4.79 Å². The van der Waals surface area contributed by atoms with Gasteiger partial charge < -0.3 is 19.9 Å². The molecule has 3 aliphatic rings. The third-order valence-electron chi connectivity index (χ3n) is 10.5. The number of piperidine rings is 1. The number of hydrogen-bond acceptors (Lipinski definition) is 7. The van der Waals surface area contributed by atoms with E-state index in [9.17, 15) is 19.2 Å². The number of hydrogen-bond donors (Lipinski definition) is 1. The van der Waals surface area contributed by atoms with Crippen LogP contribution in [0.2, 0.25) is 0 Å². The second-order valence-corrected chi connectivity index (χ2v) is 15.4. The number of carbonyl (C=O) groups excluding carboxylic acids is 4. The van der Waals surface area contributed by atoms with Crippen molar-refractivity contribution in [3.8, 4) is 0 Å². The van der Waals surface area contributed by atoms with Gasteiger partial charge in [-0.15, -0.1) is 0 Å². The number of ether oxygens (including phenoxy) is 1. The monoisotopic (exact) mass is 653 g/mol. The Morgan fingerprint density at radius 2 is 1.53 bits per heavy atom. The smallest absolute Gasteiger partial charge is 0.329 e. The maximum absolute atomic E-state index is 14.2. The van der Waals surface area contributed by atoms with Gasteiger partial charge in [0.2, 0.25) is 17.7 Å². The van der Waals surface area contributed by atoms with Crippen molar-refractivity contribution in [3.63, 3.8) is 0 Å². The van der Waals surface area contributed by atoms with Gasteiger partial charge in [0.05, 0.1) is 12.1 Å². The van der Waals surface area contributed by atoms with E-state index < -0.39 is 23.6 Å². The normalized spacial score (nSPS) is 24.5. The van der Waals surface area contributed by atoms with Crippen LogP contribution in [-0.4, -0.2) is 114 Å². The van der Waals surface area contributed by atoms with Crippen molar-refractivity contribution in [1.82, 2.24) is 24.9 Å². The van der Waals surface area contributed by atoms with Crippen molar-refractivity contribution in [1.29, 1.82) is 0 Å². The standard InChI is InChI=1S/C37H59N5O5/c1-25(2)31(40(8)35(45)32(37(4,5)6)38-33(43)28-18-12-13-21-39(28)7)24-41-22-14-19-29(41)34(44)42-23-15-20-30(42)36(46)47-26(3)27-16-10-9-11-17-27/h9-11,16-17,25-26,28-32H,12-15,18-24H2,1-8H3,(H,38,43)/t26?,28?,29-,30-,31+,32+/m0/s1. The molecule has 3 saturated heterocycles. The van der Waals surface area contributed by atoms with E-state index in [0.29, 0.717) is 19.5 Å². The Labute approximate surface area is 282 Å². The molecular weight excluding hydrogens is 594 g/mol. The molecule has 0 bridgehead atoms. The summed E-state index contributed by atoms with van der Waals surface area (Å²) >= 11 is 0. The van der Waals surface area contributed by atoms with E-state index in [1.165, 1.54) is 0 Å². The first-order valence-corrected chi connectivity index (χ1v) is 17.8. The number of rotatable bonds is 11. The van der Waals surface area contributed by atoms with Crippen LogP contribution >= 0.6 is 0 Å². The molecule has 0 aromatic heterocycles. The zero-order chi connectivity index (χ0) is 34.5. The molecule has 0 saturated carbocycles. The van der Waals surface area contributed by atoms with Crippen molar-refractivity contribution in [2.24, 2.45) is 11.3 Å². The van der Waals surface area contributed by atoms with Crippen LogP contribution in [0.1, 0.15) is 98.2 Å². The maximum Gasteiger partial charge on any atom is 0.329 e. The summed E-state index contributed by atoms with van der Waals surface area (Å²) in [5.74, 6) is -0.453. The highest BCUT2D eigenvalue weighted by Gasteiger charge is 2.44. The molecule has 10 nitrogen and oxygen atoms in total. The Kier molecular flexibility index (Phi) is 12.5. The Hall–Kier alpha value is -2.98. The van der Waals surface area contributed by atoms with Crippen LogP contribution < -0.4 is 5.32 Å². The number of likely N-dealkylation sites (N-methyl/N-ethyl adjacent to an activating group) is 2. The first-order chi connectivity index (χ1) is 22.2. The molecular formula is C37H59N5O5. The van der Waals surface area contributed by atoms with E-state index >= 15 is 0 Å². The highest BCUT2D eigenvalue weighted by Crippen LogP contribution is 2.29. The van der Waals surface area contributed by atoms with Gasteiger partial charge in [0.15, 0.2) is 0 Å². The molecule has 3 fully saturated rings. The van der Waals surface area contributed by atoms with E-state index in [2.05, 4.69) is 29.0 Å². The highest BCUT2D eigenvalue weighted by molar-refractivity contribution is 5.91. The molecule has 3 heterocycles. The van der Waals surface area contributed by atoms with Crippen LogP contribution in [0, 0.1) is 11.3 Å². The Morgan fingerprint density at radius 3 is 2.17 bits per heavy atom. The van der Waals surface area contributed by atoms with Gasteiger partial charge in [0.25, 0.3) is 0 Å². The molecule has 0 radical (unpaired) electrons. The van der Waals surface area contributed by atoms with E-state index in [-0.39, 0.29) is 47.7 Å². The molecule has 0 spiro atoms. The van der Waals surface area contributed by atoms with Gasteiger partial charge >= 0.3 is 5.97 Å². The third-order valence-corrected chi connectivity index (χ3v) is 10.5. The fourth-order valence-electron chi connectivity index (χ4n) is 7.52. The number of carbonyl (C=O) groups is 4. The molecule has 4 rings (SSSR count). The second-order valence-electron chi connectivity index (χ2n) is 15.4. The van der Waals surface area contributed by atoms with Gasteiger partial charge in [-0.2, -0.15) is 0 Å². The molecule has 6 atom stereocenters. The SMILES string of the molecule is CC(OC(=O)[C@@H]1CCCN1C(=O)[C@@H]1CCCN1C[C@H](C(C)C)N(C)C(=O)[C@@H](NC(=O)C1CCCCN1C)C(C)(C)C)c1ccccc1. The van der Waals surface area contributed by atoms with Crippen LogP contribution in [0.25, 0.3) is 0 Å². The summed E-state index contributed by atoms with van der Waals surface area (Å²) in [6.45, 7) is 14.8. The molecule has 47 heavy (non-hydrogen) atoms. The lowest BCUT2D eigenvalue weighted by molar-refractivity contribution is -0.159. The van der Waals surface area contributed by atoms with Crippen LogP contribution in [0.4, 0.5) is 0 Å². The van der Waals surface area contributed by atoms with Crippen molar-refractivity contribution in [2.45, 2.75) is 123 Å². The molecule has 1 aromatic carbocycles. The Bertz CT molecular complexity index is 1230. The van der Waals surface area contributed by atoms with Crippen molar-refractivity contribution >= 4 is 23.7 Å². The van der Waals surface area contributed by atoms with Crippen molar-refractivity contribution in [3.05, 3.63) is 35.9 Å². The molecule has 3 amide bonds. The fourth-order valence-corrected chi connectivity index (χ4v) is 7.52. The molecule has 10 heteroatoms. The summed E-state index contributed by atoms with van der Waals surface area (Å²) in [4.78, 5) is 62.8. The van der Waals surface area contributed by atoms with E-state index in [4.69, 9.17) is 4.74 Å². The predicted molar refractivity (Wildman–Crippen MR) is 183 cm³/mol. The van der Waals surface area contributed by atoms with Crippen LogP contribution in [-0.2, 0) is 23.9 Å². The van der Waals surface area contributed by atoms with Gasteiger partial charge in [-0.05, 0) is 82.5 Å². The van der Waals surface area contributed by atoms with Crippen molar-refractivity contribution < 1.29 is 23.9 Å². The number of nitrogens with one attached hydrogen (secondary N) is 1. The summed E-state index contributed by atoms with van der Waals surface area (Å²) in [5.41, 5.74) is 0.436. The molecule has 0 aliphatic carbocycles. The molecule has 1 N–H and O–H groups in total. The van der Waals surface area contributed by atoms with Gasteiger partial charge in [0.1, 0.15) is 18.2 Å². The quantitative estimate of drug-likeness (QED) is 0.357. The minimum Gasteiger partial charge on any atom is -0.456 e. The fraction of sp³-hybridized carbons (Fsp3) is 0.730. The number of amides is 3. The average molecular weight is 654 g/mol. The summed E-state index contributed by atoms with van der Waals surface area (Å²) < 4.78 is 5.84. The second kappa shape index (κ2) is 15.9. The van der Waals surface area contributed by atoms with Gasteiger partial charge in [-0.1, -0.05) is 71.4 Å². The van der Waals surface area contributed by atoms with E-state index in [0.717, 1.165) is 57.2 Å². The largest absolute Gasteiger partial charge is 0.456 e. The Morgan fingerprint density at radius 1 is 0.894 bits per heavy atom.